The molecule has 0 bridgehead atoms. The number of fused-ring (bicyclic) bond motifs is 1. The molecule has 0 saturated carbocycles. The van der Waals surface area contributed by atoms with Crippen molar-refractivity contribution in [2.24, 2.45) is 7.05 Å². The van der Waals surface area contributed by atoms with Crippen molar-refractivity contribution >= 4 is 27.2 Å². The Hall–Kier alpha value is -3.45. The number of aromatic amines is 1. The summed E-state index contributed by atoms with van der Waals surface area (Å²) in [6, 6.07) is 3.87. The molecule has 0 aliphatic heterocycles. The van der Waals surface area contributed by atoms with Crippen molar-refractivity contribution in [3.63, 3.8) is 0 Å². The third kappa shape index (κ3) is 4.68. The molecule has 0 fully saturated rings. The average Bonchev–Trinajstić information content (AvgIpc) is 3.13. The van der Waals surface area contributed by atoms with E-state index in [0.717, 1.165) is 18.9 Å². The molecule has 33 heavy (non-hydrogen) atoms. The summed E-state index contributed by atoms with van der Waals surface area (Å²) in [7, 11) is 0.256. The summed E-state index contributed by atoms with van der Waals surface area (Å²) >= 11 is 0. The number of ether oxygens (including phenoxy) is 2. The van der Waals surface area contributed by atoms with Crippen LogP contribution in [-0.4, -0.2) is 47.6 Å². The van der Waals surface area contributed by atoms with Crippen LogP contribution in [0.5, 0.6) is 5.75 Å². The number of hydrogen-bond acceptors (Lipinski definition) is 8. The maximum Gasteiger partial charge on any atom is 0.338 e. The van der Waals surface area contributed by atoms with Gasteiger partial charge in [-0.15, -0.1) is 0 Å². The molecule has 0 spiro atoms. The van der Waals surface area contributed by atoms with Crippen LogP contribution in [0, 0.1) is 0 Å². The minimum absolute atomic E-state index is 0.0129. The van der Waals surface area contributed by atoms with Gasteiger partial charge >= 0.3 is 11.7 Å². The lowest BCUT2D eigenvalue weighted by Gasteiger charge is -2.11. The second-order valence-corrected chi connectivity index (χ2v) is 9.03. The molecule has 3 aromatic rings. The van der Waals surface area contributed by atoms with Crippen LogP contribution in [0.4, 0.5) is 0 Å². The Labute approximate surface area is 189 Å². The Morgan fingerprint density at radius 3 is 2.64 bits per heavy atom. The lowest BCUT2D eigenvalue weighted by Crippen LogP contribution is -2.31. The lowest BCUT2D eigenvalue weighted by molar-refractivity contribution is 0.0459. The van der Waals surface area contributed by atoms with Gasteiger partial charge in [-0.1, -0.05) is 13.3 Å². The van der Waals surface area contributed by atoms with Crippen LogP contribution in [0.3, 0.4) is 0 Å². The molecule has 0 amide bonds. The molecule has 0 atom stereocenters. The molecule has 2 aromatic heterocycles. The number of rotatable bonds is 9. The first-order valence-electron chi connectivity index (χ1n) is 10.1. The van der Waals surface area contributed by atoms with Gasteiger partial charge in [0.1, 0.15) is 23.1 Å². The van der Waals surface area contributed by atoms with Crippen LogP contribution in [0.15, 0.2) is 32.7 Å². The van der Waals surface area contributed by atoms with Gasteiger partial charge in [-0.05, 0) is 31.7 Å². The van der Waals surface area contributed by atoms with E-state index in [1.54, 1.807) is 7.05 Å². The van der Waals surface area contributed by atoms with Crippen LogP contribution in [-0.2, 0) is 35.0 Å². The van der Waals surface area contributed by atoms with Gasteiger partial charge < -0.3 is 14.0 Å². The number of imidazole rings is 1. The molecule has 0 aliphatic rings. The molecule has 0 unspecified atom stereocenters. The highest BCUT2D eigenvalue weighted by molar-refractivity contribution is 7.89. The average molecular weight is 480 g/mol. The Bertz CT molecular complexity index is 1420. The number of nitrogens with zero attached hydrogens (tertiary/aromatic N) is 3. The molecule has 178 valence electrons. The fourth-order valence-corrected chi connectivity index (χ4v) is 4.20. The largest absolute Gasteiger partial charge is 0.495 e. The molecule has 13 heteroatoms. The number of carbonyl (C=O) groups excluding carboxylic acids is 1. The monoisotopic (exact) mass is 479 g/mol. The van der Waals surface area contributed by atoms with Crippen LogP contribution in [0.2, 0.25) is 0 Å². The number of H-pyrrole nitrogens is 1. The number of unbranched alkanes of at least 4 members (excludes halogenated alkanes) is 1. The highest BCUT2D eigenvalue weighted by Gasteiger charge is 2.22. The Morgan fingerprint density at radius 1 is 1.27 bits per heavy atom. The van der Waals surface area contributed by atoms with Gasteiger partial charge in [0.25, 0.3) is 5.56 Å². The zero-order valence-corrected chi connectivity index (χ0v) is 19.5. The quantitative estimate of drug-likeness (QED) is 0.421. The van der Waals surface area contributed by atoms with E-state index in [4.69, 9.17) is 9.47 Å². The van der Waals surface area contributed by atoms with Crippen molar-refractivity contribution in [2.45, 2.75) is 37.8 Å². The first-order chi connectivity index (χ1) is 15.6. The van der Waals surface area contributed by atoms with E-state index in [9.17, 15) is 22.8 Å². The number of aryl methyl sites for hydroxylation is 2. The molecular formula is C20H25N5O7S. The first kappa shape index (κ1) is 24.2. The topological polar surface area (TPSA) is 154 Å². The number of benzene rings is 1. The normalized spacial score (nSPS) is 11.6. The van der Waals surface area contributed by atoms with E-state index < -0.39 is 27.2 Å². The van der Waals surface area contributed by atoms with E-state index in [0.29, 0.717) is 6.54 Å². The van der Waals surface area contributed by atoms with Gasteiger partial charge in [0.2, 0.25) is 10.0 Å². The van der Waals surface area contributed by atoms with E-state index in [2.05, 4.69) is 14.7 Å². The number of carbonyl (C=O) groups is 1. The van der Waals surface area contributed by atoms with E-state index in [1.807, 2.05) is 6.92 Å². The summed E-state index contributed by atoms with van der Waals surface area (Å²) in [6.07, 6.45) is 1.56. The van der Waals surface area contributed by atoms with Gasteiger partial charge in [0.15, 0.2) is 11.2 Å². The predicted octanol–water partition coefficient (Wildman–Crippen LogP) is 0.497. The van der Waals surface area contributed by atoms with Gasteiger partial charge in [-0.25, -0.2) is 27.7 Å². The second kappa shape index (κ2) is 9.58. The van der Waals surface area contributed by atoms with E-state index >= 15 is 0 Å². The highest BCUT2D eigenvalue weighted by atomic mass is 32.2. The molecule has 3 rings (SSSR count). The highest BCUT2D eigenvalue weighted by Crippen LogP contribution is 2.25. The molecular weight excluding hydrogens is 454 g/mol. The molecule has 0 aliphatic carbocycles. The Kier molecular flexibility index (Phi) is 7.03. The summed E-state index contributed by atoms with van der Waals surface area (Å²) in [6.45, 7) is 2.06. The maximum atomic E-state index is 12.6. The predicted molar refractivity (Wildman–Crippen MR) is 119 cm³/mol. The maximum absolute atomic E-state index is 12.6. The van der Waals surface area contributed by atoms with Gasteiger partial charge in [0.05, 0.1) is 12.7 Å². The molecule has 0 saturated heterocycles. The van der Waals surface area contributed by atoms with Gasteiger partial charge in [-0.2, -0.15) is 0 Å². The Morgan fingerprint density at radius 2 is 2.00 bits per heavy atom. The zero-order valence-electron chi connectivity index (χ0n) is 18.7. The number of sulfonamides is 1. The third-order valence-corrected chi connectivity index (χ3v) is 6.57. The lowest BCUT2D eigenvalue weighted by atomic mass is 10.2. The summed E-state index contributed by atoms with van der Waals surface area (Å²) in [4.78, 5) is 43.6. The number of hydrogen-bond donors (Lipinski definition) is 2. The van der Waals surface area contributed by atoms with Crippen molar-refractivity contribution in [1.29, 1.82) is 0 Å². The van der Waals surface area contributed by atoms with Crippen molar-refractivity contribution in [3.05, 3.63) is 50.4 Å². The SMILES string of the molecule is CCCCn1c(=O)[nH]c(=O)c2c1nc(COC(=O)c1ccc(OC)c(S(=O)(=O)NC)c1)n2C. The third-order valence-electron chi connectivity index (χ3n) is 5.13. The van der Waals surface area contributed by atoms with Crippen LogP contribution >= 0.6 is 0 Å². The number of nitrogens with one attached hydrogen (secondary N) is 2. The fourth-order valence-electron chi connectivity index (χ4n) is 3.28. The van der Waals surface area contributed by atoms with E-state index in [1.165, 1.54) is 35.4 Å². The molecule has 1 aromatic carbocycles. The van der Waals surface area contributed by atoms with Crippen LogP contribution < -0.4 is 20.7 Å². The molecule has 2 N–H and O–H groups in total. The number of methoxy groups -OCH3 is 1. The van der Waals surface area contributed by atoms with Gasteiger partial charge in [0, 0.05) is 13.6 Å². The summed E-state index contributed by atoms with van der Waals surface area (Å²) in [5.41, 5.74) is -0.770. The summed E-state index contributed by atoms with van der Waals surface area (Å²) in [5, 5.41) is 0. The van der Waals surface area contributed by atoms with Crippen molar-refractivity contribution in [3.8, 4) is 5.75 Å². The number of esters is 1. The smallest absolute Gasteiger partial charge is 0.338 e. The van der Waals surface area contributed by atoms with Crippen LogP contribution in [0.1, 0.15) is 35.9 Å². The molecule has 12 nitrogen and oxygen atoms in total. The van der Waals surface area contributed by atoms with Crippen molar-refractivity contribution in [1.82, 2.24) is 23.8 Å². The summed E-state index contributed by atoms with van der Waals surface area (Å²) in [5.74, 6) is -0.480. The standard InChI is InChI=1S/C20H25N5O7S/c1-5-6-9-25-17-16(18(26)23-20(25)28)24(3)15(22-17)11-32-19(27)12-7-8-13(31-4)14(10-12)33(29,30)21-2/h7-8,10,21H,5-6,9,11H2,1-4H3,(H,23,26,28). The van der Waals surface area contributed by atoms with Crippen LogP contribution in [0.25, 0.3) is 11.2 Å². The first-order valence-corrected chi connectivity index (χ1v) is 11.6. The second-order valence-electron chi connectivity index (χ2n) is 7.17. The molecule has 0 radical (unpaired) electrons. The van der Waals surface area contributed by atoms with Gasteiger partial charge in [-0.3, -0.25) is 14.3 Å². The van der Waals surface area contributed by atoms with E-state index in [-0.39, 0.29) is 39.8 Å². The molecule has 2 heterocycles. The van der Waals surface area contributed by atoms with Crippen molar-refractivity contribution < 1.29 is 22.7 Å². The minimum Gasteiger partial charge on any atom is -0.495 e. The number of aromatic nitrogens is 4. The minimum atomic E-state index is -3.88. The summed E-state index contributed by atoms with van der Waals surface area (Å²) < 4.78 is 39.8. The Balaban J connectivity index is 1.92. The van der Waals surface area contributed by atoms with Crippen molar-refractivity contribution in [2.75, 3.05) is 14.2 Å². The fraction of sp³-hybridized carbons (Fsp3) is 0.400. The zero-order chi connectivity index (χ0) is 24.3.